The zero-order chi connectivity index (χ0) is 13.9. The molecule has 1 amide bonds. The average Bonchev–Trinajstić information content (AvgIpc) is 2.44. The molecule has 0 aliphatic carbocycles. The summed E-state index contributed by atoms with van der Waals surface area (Å²) in [4.78, 5) is 13.3. The summed E-state index contributed by atoms with van der Waals surface area (Å²) in [5.41, 5.74) is 0. The summed E-state index contributed by atoms with van der Waals surface area (Å²) in [6.45, 7) is 1.37. The number of carbonyl (C=O) groups is 1. The van der Waals surface area contributed by atoms with Gasteiger partial charge in [0.15, 0.2) is 12.4 Å². The van der Waals surface area contributed by atoms with Crippen LogP contribution in [0.5, 0.6) is 0 Å². The van der Waals surface area contributed by atoms with Crippen molar-refractivity contribution in [3.05, 3.63) is 30.6 Å². The second-order valence-electron chi connectivity index (χ2n) is 4.40. The fraction of sp³-hybridized carbons (Fsp3) is 0.571. The fourth-order valence-electron chi connectivity index (χ4n) is 1.91. The lowest BCUT2D eigenvalue weighted by Crippen LogP contribution is -2.36. The second-order valence-corrected chi connectivity index (χ2v) is 4.40. The first kappa shape index (κ1) is 15.6. The predicted octanol–water partition coefficient (Wildman–Crippen LogP) is -0.0424. The molecular weight excluding hydrogens is 244 g/mol. The smallest absolute Gasteiger partial charge is 0.222 e. The molecule has 0 spiro atoms. The number of aryl methyl sites for hydroxylation is 1. The minimum Gasteiger partial charge on any atom is -0.395 e. The van der Waals surface area contributed by atoms with E-state index in [2.05, 4.69) is 4.57 Å². The first-order chi connectivity index (χ1) is 9.27. The molecular formula is C14H23N2O3+. The molecule has 0 aliphatic heterocycles. The Morgan fingerprint density at radius 2 is 1.63 bits per heavy atom. The van der Waals surface area contributed by atoms with Crippen molar-refractivity contribution in [1.82, 2.24) is 4.90 Å². The zero-order valence-corrected chi connectivity index (χ0v) is 11.2. The molecule has 19 heavy (non-hydrogen) atoms. The molecule has 0 saturated heterocycles. The van der Waals surface area contributed by atoms with Crippen LogP contribution < -0.4 is 4.57 Å². The maximum Gasteiger partial charge on any atom is 0.222 e. The highest BCUT2D eigenvalue weighted by atomic mass is 16.3. The summed E-state index contributed by atoms with van der Waals surface area (Å²) < 4.78 is 2.09. The zero-order valence-electron chi connectivity index (χ0n) is 11.2. The molecule has 5 heteroatoms. The fourth-order valence-corrected chi connectivity index (χ4v) is 1.91. The molecule has 0 saturated carbocycles. The van der Waals surface area contributed by atoms with Gasteiger partial charge in [-0.15, -0.1) is 0 Å². The van der Waals surface area contributed by atoms with Gasteiger partial charge in [-0.25, -0.2) is 4.57 Å². The lowest BCUT2D eigenvalue weighted by molar-refractivity contribution is -0.697. The minimum absolute atomic E-state index is 0.00108. The molecule has 1 rings (SSSR count). The number of aliphatic hydroxyl groups is 2. The topological polar surface area (TPSA) is 64.7 Å². The lowest BCUT2D eigenvalue weighted by atomic mass is 10.2. The average molecular weight is 267 g/mol. The van der Waals surface area contributed by atoms with Crippen molar-refractivity contribution in [1.29, 1.82) is 0 Å². The van der Waals surface area contributed by atoms with Gasteiger partial charge in [-0.1, -0.05) is 6.07 Å². The summed E-state index contributed by atoms with van der Waals surface area (Å²) in [7, 11) is 0. The van der Waals surface area contributed by atoms with Crippen LogP contribution >= 0.6 is 0 Å². The molecule has 106 valence electrons. The Kier molecular flexibility index (Phi) is 7.77. The summed E-state index contributed by atoms with van der Waals surface area (Å²) in [5.74, 6) is 0.00108. The Hall–Kier alpha value is -1.46. The normalized spacial score (nSPS) is 10.4. The molecule has 0 bridgehead atoms. The Bertz CT molecular complexity index is 351. The summed E-state index contributed by atoms with van der Waals surface area (Å²) >= 11 is 0. The first-order valence-corrected chi connectivity index (χ1v) is 6.71. The molecule has 1 aromatic rings. The van der Waals surface area contributed by atoms with Crippen molar-refractivity contribution in [2.24, 2.45) is 0 Å². The Morgan fingerprint density at radius 3 is 2.21 bits per heavy atom. The number of amides is 1. The van der Waals surface area contributed by atoms with E-state index in [0.29, 0.717) is 19.5 Å². The van der Waals surface area contributed by atoms with E-state index in [9.17, 15) is 4.79 Å². The molecule has 2 N–H and O–H groups in total. The summed E-state index contributed by atoms with van der Waals surface area (Å²) in [5, 5.41) is 17.7. The van der Waals surface area contributed by atoms with Crippen LogP contribution in [-0.2, 0) is 11.3 Å². The lowest BCUT2D eigenvalue weighted by Gasteiger charge is -2.20. The van der Waals surface area contributed by atoms with Crippen molar-refractivity contribution in [3.63, 3.8) is 0 Å². The molecule has 0 radical (unpaired) electrons. The van der Waals surface area contributed by atoms with Crippen molar-refractivity contribution in [2.75, 3.05) is 26.3 Å². The van der Waals surface area contributed by atoms with Gasteiger partial charge in [-0.05, 0) is 6.42 Å². The SMILES string of the molecule is O=C(CCCC[n+]1ccccc1)N(CCO)CCO. The van der Waals surface area contributed by atoms with Gasteiger partial charge in [0, 0.05) is 38.1 Å². The van der Waals surface area contributed by atoms with E-state index in [0.717, 1.165) is 19.4 Å². The highest BCUT2D eigenvalue weighted by molar-refractivity contribution is 5.76. The predicted molar refractivity (Wildman–Crippen MR) is 71.2 cm³/mol. The van der Waals surface area contributed by atoms with E-state index in [1.165, 1.54) is 4.90 Å². The third-order valence-electron chi connectivity index (χ3n) is 2.93. The van der Waals surface area contributed by atoms with Gasteiger partial charge in [0.2, 0.25) is 5.91 Å². The maximum atomic E-state index is 11.8. The van der Waals surface area contributed by atoms with Gasteiger partial charge in [0.1, 0.15) is 6.54 Å². The minimum atomic E-state index is -0.0639. The van der Waals surface area contributed by atoms with Crippen LogP contribution in [0.25, 0.3) is 0 Å². The number of hydrogen-bond donors (Lipinski definition) is 2. The van der Waals surface area contributed by atoms with Gasteiger partial charge in [0.25, 0.3) is 0 Å². The molecule has 1 heterocycles. The van der Waals surface area contributed by atoms with Crippen molar-refractivity contribution >= 4 is 5.91 Å². The number of carbonyl (C=O) groups excluding carboxylic acids is 1. The number of rotatable bonds is 9. The molecule has 0 fully saturated rings. The quantitative estimate of drug-likeness (QED) is 0.487. The number of pyridine rings is 1. The van der Waals surface area contributed by atoms with Crippen LogP contribution in [0.4, 0.5) is 0 Å². The van der Waals surface area contributed by atoms with Crippen LogP contribution in [0.3, 0.4) is 0 Å². The summed E-state index contributed by atoms with van der Waals surface area (Å²) in [6, 6.07) is 5.94. The number of nitrogens with zero attached hydrogens (tertiary/aromatic N) is 2. The highest BCUT2D eigenvalue weighted by Crippen LogP contribution is 2.01. The number of aromatic nitrogens is 1. The van der Waals surface area contributed by atoms with Gasteiger partial charge >= 0.3 is 0 Å². The van der Waals surface area contributed by atoms with Gasteiger partial charge in [-0.3, -0.25) is 4.79 Å². The van der Waals surface area contributed by atoms with Crippen molar-refractivity contribution in [3.8, 4) is 0 Å². The molecule has 0 aliphatic rings. The van der Waals surface area contributed by atoms with Crippen LogP contribution in [0.15, 0.2) is 30.6 Å². The van der Waals surface area contributed by atoms with Crippen molar-refractivity contribution in [2.45, 2.75) is 25.8 Å². The molecule has 0 atom stereocenters. The standard InChI is InChI=1S/C14H23N2O3/c17-12-10-16(11-13-18)14(19)6-2-5-9-15-7-3-1-4-8-15/h1,3-4,7-8,17-18H,2,5-6,9-13H2/q+1. The van der Waals surface area contributed by atoms with Crippen LogP contribution in [0.1, 0.15) is 19.3 Å². The third-order valence-corrected chi connectivity index (χ3v) is 2.93. The summed E-state index contributed by atoms with van der Waals surface area (Å²) in [6.07, 6.45) is 6.23. The van der Waals surface area contributed by atoms with E-state index in [1.807, 2.05) is 30.6 Å². The largest absolute Gasteiger partial charge is 0.395 e. The Labute approximate surface area is 114 Å². The van der Waals surface area contributed by atoms with Gasteiger partial charge < -0.3 is 15.1 Å². The van der Waals surface area contributed by atoms with E-state index < -0.39 is 0 Å². The van der Waals surface area contributed by atoms with Gasteiger partial charge in [-0.2, -0.15) is 0 Å². The van der Waals surface area contributed by atoms with Crippen LogP contribution in [-0.4, -0.2) is 47.3 Å². The Morgan fingerprint density at radius 1 is 1.00 bits per heavy atom. The second kappa shape index (κ2) is 9.47. The number of aliphatic hydroxyl groups excluding tert-OH is 2. The van der Waals surface area contributed by atoms with Gasteiger partial charge in [0.05, 0.1) is 13.2 Å². The third kappa shape index (κ3) is 6.31. The molecule has 0 unspecified atom stereocenters. The molecule has 0 aromatic carbocycles. The first-order valence-electron chi connectivity index (χ1n) is 6.71. The number of unbranched alkanes of at least 4 members (excludes halogenated alkanes) is 1. The van der Waals surface area contributed by atoms with Crippen molar-refractivity contribution < 1.29 is 19.6 Å². The monoisotopic (exact) mass is 267 g/mol. The van der Waals surface area contributed by atoms with E-state index in [-0.39, 0.29) is 19.1 Å². The van der Waals surface area contributed by atoms with E-state index in [4.69, 9.17) is 10.2 Å². The van der Waals surface area contributed by atoms with Crippen LogP contribution in [0.2, 0.25) is 0 Å². The molecule has 5 nitrogen and oxygen atoms in total. The number of hydrogen-bond acceptors (Lipinski definition) is 3. The molecule has 1 aromatic heterocycles. The maximum absolute atomic E-state index is 11.8. The van der Waals surface area contributed by atoms with Crippen LogP contribution in [0, 0.1) is 0 Å². The Balaban J connectivity index is 2.22. The van der Waals surface area contributed by atoms with E-state index >= 15 is 0 Å². The highest BCUT2D eigenvalue weighted by Gasteiger charge is 2.12. The van der Waals surface area contributed by atoms with E-state index in [1.54, 1.807) is 0 Å².